The Morgan fingerprint density at radius 3 is 2.51 bits per heavy atom. The van der Waals surface area contributed by atoms with E-state index >= 15 is 0 Å². The SMILES string of the molecule is Cc1ccc(/C=C/C(=O)OCC(=O)N(CC(C)C)c2c(N)n(Cc3ccccc3)c(=O)[nH]c2=O)s1. The average molecular weight is 497 g/mol. The van der Waals surface area contributed by atoms with E-state index in [-0.39, 0.29) is 30.5 Å². The lowest BCUT2D eigenvalue weighted by molar-refractivity contribution is -0.142. The minimum Gasteiger partial charge on any atom is -0.452 e. The van der Waals surface area contributed by atoms with Gasteiger partial charge >= 0.3 is 11.7 Å². The second-order valence-corrected chi connectivity index (χ2v) is 9.67. The van der Waals surface area contributed by atoms with Crippen LogP contribution in [0.5, 0.6) is 0 Å². The summed E-state index contributed by atoms with van der Waals surface area (Å²) in [4.78, 5) is 55.8. The van der Waals surface area contributed by atoms with Crippen molar-refractivity contribution in [2.75, 3.05) is 23.8 Å². The van der Waals surface area contributed by atoms with Crippen molar-refractivity contribution in [1.82, 2.24) is 9.55 Å². The van der Waals surface area contributed by atoms with E-state index in [1.807, 2.05) is 63.2 Å². The van der Waals surface area contributed by atoms with Crippen LogP contribution in [0.15, 0.2) is 58.1 Å². The highest BCUT2D eigenvalue weighted by atomic mass is 32.1. The molecule has 3 N–H and O–H groups in total. The number of rotatable bonds is 9. The number of H-pyrrole nitrogens is 1. The number of anilines is 2. The Labute approximate surface area is 206 Å². The molecule has 0 unspecified atom stereocenters. The molecule has 3 aromatic rings. The Morgan fingerprint density at radius 2 is 1.89 bits per heavy atom. The van der Waals surface area contributed by atoms with Crippen LogP contribution in [-0.4, -0.2) is 34.6 Å². The molecule has 184 valence electrons. The standard InChI is InChI=1S/C25H28N4O5S/c1-16(2)13-28(20(30)15-34-21(31)12-11-19-10-9-17(3)35-19)22-23(26)29(25(33)27-24(22)32)14-18-7-5-4-6-8-18/h4-12,16H,13-15,26H2,1-3H3,(H,27,32,33)/b12-11+. The number of nitrogens with zero attached hydrogens (tertiary/aromatic N) is 2. The number of carbonyl (C=O) groups is 2. The van der Waals surface area contributed by atoms with Crippen molar-refractivity contribution < 1.29 is 14.3 Å². The van der Waals surface area contributed by atoms with E-state index in [1.165, 1.54) is 26.9 Å². The molecule has 3 rings (SSSR count). The van der Waals surface area contributed by atoms with E-state index in [0.717, 1.165) is 15.3 Å². The molecule has 2 aromatic heterocycles. The molecule has 2 heterocycles. The molecule has 0 aliphatic carbocycles. The molecule has 0 aliphatic heterocycles. The fourth-order valence-corrected chi connectivity index (χ4v) is 4.18. The lowest BCUT2D eigenvalue weighted by atomic mass is 10.2. The molecule has 0 bridgehead atoms. The van der Waals surface area contributed by atoms with Crippen molar-refractivity contribution in [3.05, 3.63) is 84.7 Å². The third-order valence-corrected chi connectivity index (χ3v) is 5.96. The normalized spacial score (nSPS) is 11.2. The Kier molecular flexibility index (Phi) is 8.43. The van der Waals surface area contributed by atoms with Gasteiger partial charge in [-0.05, 0) is 36.6 Å². The van der Waals surface area contributed by atoms with E-state index in [1.54, 1.807) is 6.08 Å². The molecule has 0 saturated carbocycles. The van der Waals surface area contributed by atoms with Crippen molar-refractivity contribution in [1.29, 1.82) is 0 Å². The van der Waals surface area contributed by atoms with Gasteiger partial charge in [0.25, 0.3) is 11.5 Å². The molecule has 1 aromatic carbocycles. The third-order valence-electron chi connectivity index (χ3n) is 5.00. The predicted molar refractivity (Wildman–Crippen MR) is 138 cm³/mol. The van der Waals surface area contributed by atoms with Crippen molar-refractivity contribution in [3.8, 4) is 0 Å². The highest BCUT2D eigenvalue weighted by Crippen LogP contribution is 2.20. The quantitative estimate of drug-likeness (QED) is 0.346. The number of hydrogen-bond donors (Lipinski definition) is 2. The molecule has 0 spiro atoms. The minimum atomic E-state index is -0.787. The molecule has 10 heteroatoms. The zero-order valence-corrected chi connectivity index (χ0v) is 20.6. The van der Waals surface area contributed by atoms with Crippen LogP contribution in [0.3, 0.4) is 0 Å². The molecule has 0 aliphatic rings. The van der Waals surface area contributed by atoms with Gasteiger partial charge in [0.1, 0.15) is 5.82 Å². The smallest absolute Gasteiger partial charge is 0.331 e. The van der Waals surface area contributed by atoms with Crippen LogP contribution in [-0.2, 0) is 20.9 Å². The topological polar surface area (TPSA) is 127 Å². The first-order valence-corrected chi connectivity index (χ1v) is 11.9. The number of nitrogen functional groups attached to an aromatic ring is 1. The van der Waals surface area contributed by atoms with E-state index in [2.05, 4.69) is 4.98 Å². The Morgan fingerprint density at radius 1 is 1.17 bits per heavy atom. The number of ether oxygens (including phenoxy) is 1. The first kappa shape index (κ1) is 25.7. The van der Waals surface area contributed by atoms with Gasteiger partial charge in [-0.15, -0.1) is 11.3 Å². The molecule has 35 heavy (non-hydrogen) atoms. The Hall–Kier alpha value is -3.92. The van der Waals surface area contributed by atoms with Gasteiger partial charge in [-0.2, -0.15) is 0 Å². The number of aromatic amines is 1. The van der Waals surface area contributed by atoms with Crippen molar-refractivity contribution in [3.63, 3.8) is 0 Å². The molecular formula is C25H28N4O5S. The molecular weight excluding hydrogens is 468 g/mol. The van der Waals surface area contributed by atoms with Crippen LogP contribution in [0.25, 0.3) is 6.08 Å². The monoisotopic (exact) mass is 496 g/mol. The number of nitrogens with one attached hydrogen (secondary N) is 1. The number of carbonyl (C=O) groups excluding carboxylic acids is 2. The van der Waals surface area contributed by atoms with Gasteiger partial charge in [0, 0.05) is 22.4 Å². The fraction of sp³-hybridized carbons (Fsp3) is 0.280. The maximum absolute atomic E-state index is 13.1. The van der Waals surface area contributed by atoms with Crippen LogP contribution in [0.4, 0.5) is 11.5 Å². The fourth-order valence-electron chi connectivity index (χ4n) is 3.40. The Bertz CT molecular complexity index is 1340. The van der Waals surface area contributed by atoms with Gasteiger partial charge in [0.05, 0.1) is 6.54 Å². The van der Waals surface area contributed by atoms with Crippen molar-refractivity contribution >= 4 is 40.8 Å². The molecule has 0 saturated heterocycles. The summed E-state index contributed by atoms with van der Waals surface area (Å²) in [5.41, 5.74) is 5.42. The summed E-state index contributed by atoms with van der Waals surface area (Å²) in [7, 11) is 0. The minimum absolute atomic E-state index is 0.0371. The van der Waals surface area contributed by atoms with E-state index in [9.17, 15) is 19.2 Å². The highest BCUT2D eigenvalue weighted by Gasteiger charge is 2.25. The maximum atomic E-state index is 13.1. The number of esters is 1. The van der Waals surface area contributed by atoms with Gasteiger partial charge in [0.15, 0.2) is 12.3 Å². The van der Waals surface area contributed by atoms with E-state index < -0.39 is 29.7 Å². The van der Waals surface area contributed by atoms with Gasteiger partial charge in [-0.25, -0.2) is 9.59 Å². The average Bonchev–Trinajstić information content (AvgIpc) is 3.23. The highest BCUT2D eigenvalue weighted by molar-refractivity contribution is 7.12. The number of aryl methyl sites for hydroxylation is 1. The zero-order chi connectivity index (χ0) is 25.5. The maximum Gasteiger partial charge on any atom is 0.331 e. The third kappa shape index (κ3) is 6.80. The number of benzene rings is 1. The lowest BCUT2D eigenvalue weighted by Gasteiger charge is -2.26. The number of nitrogens with two attached hydrogens (primary N) is 1. The summed E-state index contributed by atoms with van der Waals surface area (Å²) >= 11 is 1.52. The molecule has 0 atom stereocenters. The number of thiophene rings is 1. The van der Waals surface area contributed by atoms with Crippen molar-refractivity contribution in [2.24, 2.45) is 5.92 Å². The molecule has 9 nitrogen and oxygen atoms in total. The van der Waals surface area contributed by atoms with Gasteiger partial charge < -0.3 is 15.4 Å². The largest absolute Gasteiger partial charge is 0.452 e. The first-order valence-electron chi connectivity index (χ1n) is 11.0. The van der Waals surface area contributed by atoms with Crippen LogP contribution in [0.2, 0.25) is 0 Å². The molecule has 0 radical (unpaired) electrons. The van der Waals surface area contributed by atoms with E-state index in [4.69, 9.17) is 10.5 Å². The zero-order valence-electron chi connectivity index (χ0n) is 19.8. The van der Waals surface area contributed by atoms with E-state index in [0.29, 0.717) is 0 Å². The summed E-state index contributed by atoms with van der Waals surface area (Å²) < 4.78 is 6.31. The van der Waals surface area contributed by atoms with Crippen LogP contribution in [0, 0.1) is 12.8 Å². The summed E-state index contributed by atoms with van der Waals surface area (Å²) in [6.45, 7) is 5.35. The predicted octanol–water partition coefficient (Wildman–Crippen LogP) is 2.78. The molecule has 0 fully saturated rings. The summed E-state index contributed by atoms with van der Waals surface area (Å²) in [6, 6.07) is 12.9. The summed E-state index contributed by atoms with van der Waals surface area (Å²) in [6.07, 6.45) is 2.85. The van der Waals surface area contributed by atoms with Gasteiger partial charge in [-0.3, -0.25) is 19.1 Å². The lowest BCUT2D eigenvalue weighted by Crippen LogP contribution is -2.44. The second kappa shape index (κ2) is 11.5. The Balaban J connectivity index is 1.84. The second-order valence-electron chi connectivity index (χ2n) is 8.35. The number of aromatic nitrogens is 2. The van der Waals surface area contributed by atoms with Crippen LogP contribution >= 0.6 is 11.3 Å². The van der Waals surface area contributed by atoms with Gasteiger partial charge in [0.2, 0.25) is 0 Å². The molecule has 1 amide bonds. The van der Waals surface area contributed by atoms with Crippen LogP contribution < -0.4 is 21.9 Å². The number of amides is 1. The van der Waals surface area contributed by atoms with Gasteiger partial charge in [-0.1, -0.05) is 44.2 Å². The van der Waals surface area contributed by atoms with Crippen molar-refractivity contribution in [2.45, 2.75) is 27.3 Å². The first-order chi connectivity index (χ1) is 16.7. The number of hydrogen-bond acceptors (Lipinski definition) is 7. The summed E-state index contributed by atoms with van der Waals surface area (Å²) in [5.74, 6) is -1.50. The van der Waals surface area contributed by atoms with Crippen LogP contribution in [0.1, 0.15) is 29.2 Å². The summed E-state index contributed by atoms with van der Waals surface area (Å²) in [5, 5.41) is 0.